The van der Waals surface area contributed by atoms with Crippen molar-refractivity contribution in [2.75, 3.05) is 11.9 Å². The molecule has 1 amide bonds. The first kappa shape index (κ1) is 14.9. The van der Waals surface area contributed by atoms with Crippen LogP contribution >= 0.6 is 0 Å². The minimum absolute atomic E-state index is 0.277. The van der Waals surface area contributed by atoms with Crippen LogP contribution in [0.1, 0.15) is 12.8 Å². The Hall–Kier alpha value is -3.00. The van der Waals surface area contributed by atoms with Gasteiger partial charge in [0.1, 0.15) is 11.5 Å². The van der Waals surface area contributed by atoms with Gasteiger partial charge in [0.2, 0.25) is 0 Å². The number of rotatable bonds is 4. The number of benzene rings is 1. The molecule has 0 saturated heterocycles. The van der Waals surface area contributed by atoms with Crippen LogP contribution in [0.5, 0.6) is 0 Å². The molecule has 2 aromatic rings. The van der Waals surface area contributed by atoms with Gasteiger partial charge in [-0.2, -0.15) is 0 Å². The molecular formula is C18H17N3O2. The first-order valence-corrected chi connectivity index (χ1v) is 7.48. The minimum Gasteiger partial charge on any atom is -0.488 e. The van der Waals surface area contributed by atoms with Crippen molar-refractivity contribution in [1.82, 2.24) is 9.55 Å². The molecule has 0 spiro atoms. The van der Waals surface area contributed by atoms with Crippen molar-refractivity contribution in [2.45, 2.75) is 19.4 Å². The van der Waals surface area contributed by atoms with Crippen LogP contribution in [-0.2, 0) is 16.1 Å². The highest BCUT2D eigenvalue weighted by atomic mass is 16.5. The largest absolute Gasteiger partial charge is 0.488 e. The molecule has 0 aliphatic carbocycles. The van der Waals surface area contributed by atoms with Crippen LogP contribution in [0.4, 0.5) is 5.82 Å². The van der Waals surface area contributed by atoms with Crippen molar-refractivity contribution in [3.8, 4) is 23.6 Å². The van der Waals surface area contributed by atoms with E-state index in [2.05, 4.69) is 16.2 Å². The molecule has 116 valence electrons. The summed E-state index contributed by atoms with van der Waals surface area (Å²) in [6.45, 7) is 0.893. The molecule has 3 rings (SSSR count). The third-order valence-corrected chi connectivity index (χ3v) is 3.54. The van der Waals surface area contributed by atoms with Crippen molar-refractivity contribution in [1.29, 1.82) is 0 Å². The number of terminal acetylenes is 1. The Morgan fingerprint density at radius 3 is 2.91 bits per heavy atom. The summed E-state index contributed by atoms with van der Waals surface area (Å²) in [5.74, 6) is 3.22. The Labute approximate surface area is 135 Å². The number of hydrogen-bond donors (Lipinski definition) is 1. The maximum Gasteiger partial charge on any atom is 0.291 e. The number of ether oxygens (including phenoxy) is 1. The summed E-state index contributed by atoms with van der Waals surface area (Å²) in [5, 5.41) is 2.88. The highest BCUT2D eigenvalue weighted by Crippen LogP contribution is 2.27. The summed E-state index contributed by atoms with van der Waals surface area (Å²) in [6, 6.07) is 9.66. The number of carbonyl (C=O) groups excluding carboxylic acids is 1. The molecule has 1 aromatic heterocycles. The number of carbonyl (C=O) groups is 1. The van der Waals surface area contributed by atoms with Gasteiger partial charge in [-0.15, -0.1) is 6.42 Å². The molecule has 0 atom stereocenters. The predicted octanol–water partition coefficient (Wildman–Crippen LogP) is 2.82. The van der Waals surface area contributed by atoms with E-state index in [4.69, 9.17) is 11.2 Å². The molecule has 0 bridgehead atoms. The van der Waals surface area contributed by atoms with E-state index in [1.165, 1.54) is 0 Å². The van der Waals surface area contributed by atoms with E-state index < -0.39 is 0 Å². The van der Waals surface area contributed by atoms with Gasteiger partial charge in [-0.3, -0.25) is 4.79 Å². The second-order valence-corrected chi connectivity index (χ2v) is 5.15. The quantitative estimate of drug-likeness (QED) is 0.884. The normalized spacial score (nSPS) is 13.6. The van der Waals surface area contributed by atoms with Crippen LogP contribution in [0.3, 0.4) is 0 Å². The summed E-state index contributed by atoms with van der Waals surface area (Å²) in [5.41, 5.74) is 1.60. The summed E-state index contributed by atoms with van der Waals surface area (Å²) in [7, 11) is 0. The first-order valence-electron chi connectivity index (χ1n) is 7.48. The van der Waals surface area contributed by atoms with Gasteiger partial charge in [-0.1, -0.05) is 36.3 Å². The Morgan fingerprint density at radius 2 is 2.22 bits per heavy atom. The SMILES string of the molecule is C#CCn1cnc(-c2ccccc2)c1NC(=O)C1=CCCCO1. The highest BCUT2D eigenvalue weighted by molar-refractivity contribution is 6.03. The lowest BCUT2D eigenvalue weighted by Crippen LogP contribution is -2.21. The van der Waals surface area contributed by atoms with Crippen molar-refractivity contribution in [3.63, 3.8) is 0 Å². The van der Waals surface area contributed by atoms with Gasteiger partial charge < -0.3 is 14.6 Å². The molecule has 5 heteroatoms. The van der Waals surface area contributed by atoms with Crippen LogP contribution in [-0.4, -0.2) is 22.1 Å². The van der Waals surface area contributed by atoms with Gasteiger partial charge in [0.25, 0.3) is 5.91 Å². The molecule has 1 aliphatic heterocycles. The van der Waals surface area contributed by atoms with E-state index in [0.717, 1.165) is 18.4 Å². The fourth-order valence-corrected chi connectivity index (χ4v) is 2.42. The minimum atomic E-state index is -0.277. The Kier molecular flexibility index (Phi) is 4.44. The summed E-state index contributed by atoms with van der Waals surface area (Å²) >= 11 is 0. The van der Waals surface area contributed by atoms with Gasteiger partial charge >= 0.3 is 0 Å². The topological polar surface area (TPSA) is 56.2 Å². The average Bonchev–Trinajstić information content (AvgIpc) is 2.99. The number of aromatic nitrogens is 2. The van der Waals surface area contributed by atoms with Crippen LogP contribution in [0, 0.1) is 12.3 Å². The van der Waals surface area contributed by atoms with Gasteiger partial charge in [0.15, 0.2) is 5.76 Å². The third-order valence-electron chi connectivity index (χ3n) is 3.54. The van der Waals surface area contributed by atoms with Gasteiger partial charge in [0.05, 0.1) is 19.5 Å². The fourth-order valence-electron chi connectivity index (χ4n) is 2.42. The number of allylic oxidation sites excluding steroid dienone is 1. The van der Waals surface area contributed by atoms with E-state index in [-0.39, 0.29) is 5.91 Å². The van der Waals surface area contributed by atoms with Gasteiger partial charge in [-0.05, 0) is 18.9 Å². The van der Waals surface area contributed by atoms with Crippen LogP contribution < -0.4 is 5.32 Å². The predicted molar refractivity (Wildman–Crippen MR) is 88.4 cm³/mol. The zero-order valence-corrected chi connectivity index (χ0v) is 12.7. The standard InChI is InChI=1S/C18H17N3O2/c1-2-11-21-13-19-16(14-8-4-3-5-9-14)17(21)20-18(22)15-10-6-7-12-23-15/h1,3-5,8-10,13H,6-7,11-12H2,(H,20,22). The molecular weight excluding hydrogens is 290 g/mol. The summed E-state index contributed by atoms with van der Waals surface area (Å²) in [6.07, 6.45) is 10.6. The van der Waals surface area contributed by atoms with E-state index in [9.17, 15) is 4.79 Å². The highest BCUT2D eigenvalue weighted by Gasteiger charge is 2.19. The van der Waals surface area contributed by atoms with Crippen LogP contribution in [0.15, 0.2) is 48.5 Å². The number of amides is 1. The van der Waals surface area contributed by atoms with Crippen molar-refractivity contribution >= 4 is 11.7 Å². The number of nitrogens with zero attached hydrogens (tertiary/aromatic N) is 2. The molecule has 2 heterocycles. The van der Waals surface area contributed by atoms with Crippen molar-refractivity contribution in [3.05, 3.63) is 48.5 Å². The van der Waals surface area contributed by atoms with E-state index in [1.807, 2.05) is 36.4 Å². The number of nitrogens with one attached hydrogen (secondary N) is 1. The average molecular weight is 307 g/mol. The van der Waals surface area contributed by atoms with Gasteiger partial charge in [-0.25, -0.2) is 4.98 Å². The maximum atomic E-state index is 12.4. The lowest BCUT2D eigenvalue weighted by molar-refractivity contribution is -0.116. The molecule has 0 fully saturated rings. The van der Waals surface area contributed by atoms with Crippen LogP contribution in [0.2, 0.25) is 0 Å². The second-order valence-electron chi connectivity index (χ2n) is 5.15. The third kappa shape index (κ3) is 3.27. The molecule has 1 aliphatic rings. The maximum absolute atomic E-state index is 12.4. The van der Waals surface area contributed by atoms with Crippen molar-refractivity contribution < 1.29 is 9.53 Å². The smallest absolute Gasteiger partial charge is 0.291 e. The van der Waals surface area contributed by atoms with E-state index in [1.54, 1.807) is 10.9 Å². The lowest BCUT2D eigenvalue weighted by Gasteiger charge is -2.15. The van der Waals surface area contributed by atoms with Gasteiger partial charge in [0, 0.05) is 5.56 Å². The Balaban J connectivity index is 1.93. The lowest BCUT2D eigenvalue weighted by atomic mass is 10.1. The second kappa shape index (κ2) is 6.84. The number of anilines is 1. The molecule has 0 saturated carbocycles. The summed E-state index contributed by atoms with van der Waals surface area (Å²) in [4.78, 5) is 16.8. The Morgan fingerprint density at radius 1 is 1.39 bits per heavy atom. The summed E-state index contributed by atoms with van der Waals surface area (Å²) < 4.78 is 7.15. The zero-order valence-electron chi connectivity index (χ0n) is 12.7. The molecule has 1 N–H and O–H groups in total. The molecule has 0 unspecified atom stereocenters. The van der Waals surface area contributed by atoms with Crippen LogP contribution in [0.25, 0.3) is 11.3 Å². The molecule has 5 nitrogen and oxygen atoms in total. The molecule has 23 heavy (non-hydrogen) atoms. The number of hydrogen-bond acceptors (Lipinski definition) is 3. The molecule has 1 aromatic carbocycles. The van der Waals surface area contributed by atoms with E-state index >= 15 is 0 Å². The van der Waals surface area contributed by atoms with Crippen molar-refractivity contribution in [2.24, 2.45) is 0 Å². The fraction of sp³-hybridized carbons (Fsp3) is 0.222. The number of imidazole rings is 1. The van der Waals surface area contributed by atoms with E-state index in [0.29, 0.717) is 30.4 Å². The first-order chi connectivity index (χ1) is 11.3. The molecule has 0 radical (unpaired) electrons. The Bertz CT molecular complexity index is 769. The monoisotopic (exact) mass is 307 g/mol. The zero-order chi connectivity index (χ0) is 16.1.